The van der Waals surface area contributed by atoms with Gasteiger partial charge in [-0.15, -0.1) is 0 Å². The van der Waals surface area contributed by atoms with Crippen LogP contribution in [0, 0.1) is 0 Å². The van der Waals surface area contributed by atoms with Crippen LogP contribution in [0.2, 0.25) is 0 Å². The lowest BCUT2D eigenvalue weighted by molar-refractivity contribution is -0.107. The first-order chi connectivity index (χ1) is 17.5. The van der Waals surface area contributed by atoms with Crippen LogP contribution < -0.4 is 20.6 Å². The molecule has 12 heteroatoms. The number of carbonyl (C=O) groups is 1. The fourth-order valence-electron chi connectivity index (χ4n) is 3.42. The number of aliphatic hydroxyl groups is 1. The minimum Gasteiger partial charge on any atom is -0.481 e. The molecule has 0 unspecified atom stereocenters. The molecule has 0 amide bonds. The lowest BCUT2D eigenvalue weighted by Gasteiger charge is -2.08. The first-order valence-electron chi connectivity index (χ1n) is 11.4. The molecular weight excluding hydrogens is 468 g/mol. The van der Waals surface area contributed by atoms with Crippen molar-refractivity contribution in [3.63, 3.8) is 0 Å². The molecule has 0 atom stereocenters. The first-order valence-corrected chi connectivity index (χ1v) is 11.4. The van der Waals surface area contributed by atoms with Crippen LogP contribution in [0.4, 0.5) is 0 Å². The summed E-state index contributed by atoms with van der Waals surface area (Å²) in [7, 11) is 3.04. The van der Waals surface area contributed by atoms with Crippen LogP contribution in [0.1, 0.15) is 25.7 Å². The molecule has 0 fully saturated rings. The molecular formula is C24H28N6O6. The third-order valence-electron chi connectivity index (χ3n) is 5.24. The van der Waals surface area contributed by atoms with Gasteiger partial charge in [0.15, 0.2) is 11.3 Å². The van der Waals surface area contributed by atoms with Crippen molar-refractivity contribution in [2.75, 3.05) is 20.8 Å². The maximum atomic E-state index is 11.8. The highest BCUT2D eigenvalue weighted by atomic mass is 16.5. The summed E-state index contributed by atoms with van der Waals surface area (Å²) in [6.07, 6.45) is 5.77. The highest BCUT2D eigenvalue weighted by molar-refractivity contribution is 5.71. The summed E-state index contributed by atoms with van der Waals surface area (Å²) in [6.45, 7) is 1.07. The number of pyridine rings is 2. The Kier molecular flexibility index (Phi) is 9.57. The van der Waals surface area contributed by atoms with E-state index in [-0.39, 0.29) is 17.7 Å². The molecule has 0 spiro atoms. The molecule has 4 heterocycles. The maximum Gasteiger partial charge on any atom is 0.270 e. The topological polar surface area (TPSA) is 151 Å². The number of methoxy groups -OCH3 is 2. The van der Waals surface area contributed by atoms with Gasteiger partial charge in [0.2, 0.25) is 11.8 Å². The van der Waals surface area contributed by atoms with E-state index in [9.17, 15) is 14.4 Å². The van der Waals surface area contributed by atoms with E-state index in [0.29, 0.717) is 72.9 Å². The smallest absolute Gasteiger partial charge is 0.270 e. The number of carbonyl (C=O) groups excluding carboxylic acids is 1. The van der Waals surface area contributed by atoms with E-state index in [4.69, 9.17) is 14.6 Å². The zero-order chi connectivity index (χ0) is 25.9. The third kappa shape index (κ3) is 6.48. The van der Waals surface area contributed by atoms with Gasteiger partial charge < -0.3 is 19.4 Å². The molecule has 0 bridgehead atoms. The predicted octanol–water partition coefficient (Wildman–Crippen LogP) is 1.35. The highest BCUT2D eigenvalue weighted by Crippen LogP contribution is 2.14. The number of nitrogens with zero attached hydrogens (tertiary/aromatic N) is 6. The van der Waals surface area contributed by atoms with Crippen LogP contribution in [-0.4, -0.2) is 61.3 Å². The van der Waals surface area contributed by atoms with Crippen molar-refractivity contribution in [3.8, 4) is 11.8 Å². The summed E-state index contributed by atoms with van der Waals surface area (Å²) in [5.74, 6) is 0.879. The second-order valence-corrected chi connectivity index (χ2v) is 7.63. The predicted molar refractivity (Wildman–Crippen MR) is 132 cm³/mol. The minimum atomic E-state index is -0.228. The quantitative estimate of drug-likeness (QED) is 0.252. The summed E-state index contributed by atoms with van der Waals surface area (Å²) in [4.78, 5) is 50.4. The van der Waals surface area contributed by atoms with Gasteiger partial charge in [0.1, 0.15) is 17.3 Å². The van der Waals surface area contributed by atoms with Crippen LogP contribution in [0.3, 0.4) is 0 Å². The van der Waals surface area contributed by atoms with Crippen molar-refractivity contribution < 1.29 is 19.4 Å². The summed E-state index contributed by atoms with van der Waals surface area (Å²) in [5, 5.41) is 8.77. The van der Waals surface area contributed by atoms with Crippen molar-refractivity contribution in [2.24, 2.45) is 0 Å². The van der Waals surface area contributed by atoms with Gasteiger partial charge in [-0.2, -0.15) is 9.97 Å². The lowest BCUT2D eigenvalue weighted by Crippen LogP contribution is -2.21. The molecule has 12 nitrogen and oxygen atoms in total. The summed E-state index contributed by atoms with van der Waals surface area (Å²) in [6, 6.07) is 6.91. The minimum absolute atomic E-state index is 0.120. The van der Waals surface area contributed by atoms with Crippen molar-refractivity contribution >= 4 is 28.6 Å². The normalized spacial score (nSPS) is 10.6. The van der Waals surface area contributed by atoms with Gasteiger partial charge in [-0.25, -0.2) is 9.97 Å². The Hall–Kier alpha value is -4.19. The molecule has 4 aromatic heterocycles. The molecule has 0 aliphatic carbocycles. The number of hydrogen-bond acceptors (Lipinski definition) is 10. The third-order valence-corrected chi connectivity index (χ3v) is 5.24. The number of unbranched alkanes of at least 4 members (excludes halogenated alkanes) is 2. The van der Waals surface area contributed by atoms with Gasteiger partial charge >= 0.3 is 0 Å². The number of hydrogen-bond donors (Lipinski definition) is 1. The molecule has 0 saturated heterocycles. The van der Waals surface area contributed by atoms with Gasteiger partial charge in [0.05, 0.1) is 26.6 Å². The molecule has 190 valence electrons. The number of aryl methyl sites for hydroxylation is 2. The zero-order valence-electron chi connectivity index (χ0n) is 20.2. The molecule has 4 rings (SSSR count). The van der Waals surface area contributed by atoms with E-state index in [2.05, 4.69) is 19.9 Å². The largest absolute Gasteiger partial charge is 0.481 e. The Labute approximate surface area is 206 Å². The van der Waals surface area contributed by atoms with Crippen molar-refractivity contribution in [1.29, 1.82) is 0 Å². The molecule has 1 N–H and O–H groups in total. The van der Waals surface area contributed by atoms with E-state index in [1.807, 2.05) is 0 Å². The number of aromatic nitrogens is 6. The number of rotatable bonds is 10. The number of aliphatic hydroxyl groups excluding tert-OH is 1. The number of aldehydes is 1. The Balaban J connectivity index is 0.000000201. The molecule has 36 heavy (non-hydrogen) atoms. The molecule has 0 aliphatic rings. The van der Waals surface area contributed by atoms with Crippen LogP contribution >= 0.6 is 0 Å². The highest BCUT2D eigenvalue weighted by Gasteiger charge is 2.08. The average Bonchev–Trinajstić information content (AvgIpc) is 2.91. The van der Waals surface area contributed by atoms with Crippen LogP contribution in [0.5, 0.6) is 11.8 Å². The molecule has 0 aromatic carbocycles. The van der Waals surface area contributed by atoms with Crippen LogP contribution in [0.25, 0.3) is 22.3 Å². The fourth-order valence-corrected chi connectivity index (χ4v) is 3.42. The van der Waals surface area contributed by atoms with Gasteiger partial charge in [0, 0.05) is 38.2 Å². The van der Waals surface area contributed by atoms with E-state index in [1.54, 1.807) is 28.8 Å². The Bertz CT molecular complexity index is 1430. The van der Waals surface area contributed by atoms with E-state index >= 15 is 0 Å². The van der Waals surface area contributed by atoms with Gasteiger partial charge in [-0.05, 0) is 31.4 Å². The zero-order valence-corrected chi connectivity index (χ0v) is 20.2. The van der Waals surface area contributed by atoms with Gasteiger partial charge in [-0.3, -0.25) is 18.7 Å². The monoisotopic (exact) mass is 496 g/mol. The van der Waals surface area contributed by atoms with Gasteiger partial charge in [-0.1, -0.05) is 0 Å². The van der Waals surface area contributed by atoms with Crippen molar-refractivity contribution in [2.45, 2.75) is 38.8 Å². The SMILES string of the molecule is COc1ccc2ncc(=O)n(CCCC=O)c2n1.COc1ccc2ncc(=O)n(CCCCO)c2n1. The van der Waals surface area contributed by atoms with Gasteiger partial charge in [0.25, 0.3) is 11.1 Å². The standard InChI is InChI=1S/C12H15N3O3.C12H13N3O3/c2*1-18-10-5-4-9-12(14-10)15(6-2-3-7-16)11(17)8-13-9/h4-5,8,16H,2-3,6-7H2,1H3;4-5,7-8H,2-3,6H2,1H3. The Morgan fingerprint density at radius 1 is 0.806 bits per heavy atom. The Morgan fingerprint density at radius 2 is 1.31 bits per heavy atom. The summed E-state index contributed by atoms with van der Waals surface area (Å²) >= 11 is 0. The fraction of sp³-hybridized carbons (Fsp3) is 0.375. The summed E-state index contributed by atoms with van der Waals surface area (Å²) < 4.78 is 13.1. The number of fused-ring (bicyclic) bond motifs is 2. The molecule has 0 aliphatic heterocycles. The number of ether oxygens (including phenoxy) is 2. The molecule has 0 saturated carbocycles. The van der Waals surface area contributed by atoms with Crippen molar-refractivity contribution in [3.05, 3.63) is 57.4 Å². The molecule has 4 aromatic rings. The van der Waals surface area contributed by atoms with Crippen molar-refractivity contribution in [1.82, 2.24) is 29.1 Å². The maximum absolute atomic E-state index is 11.8. The first kappa shape index (κ1) is 26.4. The van der Waals surface area contributed by atoms with E-state index in [1.165, 1.54) is 31.2 Å². The molecule has 0 radical (unpaired) electrons. The van der Waals surface area contributed by atoms with Crippen LogP contribution in [0.15, 0.2) is 46.2 Å². The van der Waals surface area contributed by atoms with Crippen LogP contribution in [-0.2, 0) is 17.9 Å². The van der Waals surface area contributed by atoms with E-state index in [0.717, 1.165) is 6.29 Å². The van der Waals surface area contributed by atoms with E-state index < -0.39 is 0 Å². The average molecular weight is 497 g/mol. The second kappa shape index (κ2) is 13.0. The second-order valence-electron chi connectivity index (χ2n) is 7.63. The lowest BCUT2D eigenvalue weighted by atomic mass is 10.3. The Morgan fingerprint density at radius 3 is 1.75 bits per heavy atom. The summed E-state index contributed by atoms with van der Waals surface area (Å²) in [5.41, 5.74) is 1.85.